The van der Waals surface area contributed by atoms with Crippen LogP contribution in [-0.4, -0.2) is 5.78 Å². The third kappa shape index (κ3) is 5.57. The van der Waals surface area contributed by atoms with Crippen LogP contribution in [0.4, 0.5) is 5.69 Å². The van der Waals surface area contributed by atoms with Gasteiger partial charge in [0.1, 0.15) is 18.2 Å². The van der Waals surface area contributed by atoms with Crippen LogP contribution in [0.5, 0.6) is 5.75 Å². The van der Waals surface area contributed by atoms with Gasteiger partial charge in [-0.25, -0.2) is 0 Å². The van der Waals surface area contributed by atoms with Crippen LogP contribution < -0.4 is 15.4 Å². The van der Waals surface area contributed by atoms with Gasteiger partial charge in [-0.3, -0.25) is 9.69 Å². The Morgan fingerprint density at radius 3 is 2.37 bits per heavy atom. The molecule has 3 aromatic carbocycles. The minimum absolute atomic E-state index is 0.00605. The second-order valence-corrected chi connectivity index (χ2v) is 12.7. The van der Waals surface area contributed by atoms with E-state index < -0.39 is 5.92 Å². The van der Waals surface area contributed by atoms with Crippen LogP contribution in [0, 0.1) is 30.6 Å². The van der Waals surface area contributed by atoms with Gasteiger partial charge in [0, 0.05) is 27.7 Å². The number of ether oxygens (including phenoxy) is 1. The third-order valence-corrected chi connectivity index (χ3v) is 8.49. The van der Waals surface area contributed by atoms with E-state index in [1.165, 1.54) is 0 Å². The molecule has 0 bridgehead atoms. The number of anilines is 1. The van der Waals surface area contributed by atoms with E-state index >= 15 is 0 Å². The van der Waals surface area contributed by atoms with E-state index in [0.717, 1.165) is 28.0 Å². The first-order valence-corrected chi connectivity index (χ1v) is 14.4. The van der Waals surface area contributed by atoms with Gasteiger partial charge in [0.05, 0.1) is 28.3 Å². The highest BCUT2D eigenvalue weighted by Gasteiger charge is 2.45. The van der Waals surface area contributed by atoms with Crippen molar-refractivity contribution in [2.75, 3.05) is 4.90 Å². The SMILES string of the molecule is Cc1cc(C)c(C2C(C#N)=C(N)N(c3cc(Cl)cc(Cl)c3)C3=C2C(=O)CC(C)(C)C3)cc1COc1ccccc1Cl. The number of hydrogen-bond acceptors (Lipinski definition) is 5. The van der Waals surface area contributed by atoms with Gasteiger partial charge in [-0.05, 0) is 78.3 Å². The molecule has 0 saturated carbocycles. The average Bonchev–Trinajstić information content (AvgIpc) is 2.87. The Morgan fingerprint density at radius 1 is 1.02 bits per heavy atom. The van der Waals surface area contributed by atoms with Crippen molar-refractivity contribution < 1.29 is 9.53 Å². The summed E-state index contributed by atoms with van der Waals surface area (Å²) in [6.07, 6.45) is 0.944. The van der Waals surface area contributed by atoms with Crippen LogP contribution in [0.1, 0.15) is 54.9 Å². The fraction of sp³-hybridized carbons (Fsp3) is 0.273. The molecular formula is C33H30Cl3N3O2. The lowest BCUT2D eigenvalue weighted by Gasteiger charge is -2.44. The van der Waals surface area contributed by atoms with Gasteiger partial charge < -0.3 is 10.5 Å². The number of aryl methyl sites for hydroxylation is 2. The molecule has 0 spiro atoms. The summed E-state index contributed by atoms with van der Waals surface area (Å²) in [5.74, 6) is 0.215. The number of nitrogens with zero attached hydrogens (tertiary/aromatic N) is 2. The van der Waals surface area contributed by atoms with Crippen LogP contribution >= 0.6 is 34.8 Å². The molecule has 1 unspecified atom stereocenters. The fourth-order valence-corrected chi connectivity index (χ4v) is 6.59. The molecule has 41 heavy (non-hydrogen) atoms. The Labute approximate surface area is 255 Å². The molecule has 0 saturated heterocycles. The molecule has 8 heteroatoms. The Hall–Kier alpha value is -3.43. The molecule has 1 aliphatic heterocycles. The zero-order valence-electron chi connectivity index (χ0n) is 23.3. The fourth-order valence-electron chi connectivity index (χ4n) is 5.88. The lowest BCUT2D eigenvalue weighted by Crippen LogP contribution is -2.42. The van der Waals surface area contributed by atoms with Gasteiger partial charge in [0.25, 0.3) is 0 Å². The highest BCUT2D eigenvalue weighted by atomic mass is 35.5. The van der Waals surface area contributed by atoms with Crippen molar-refractivity contribution in [2.45, 2.75) is 53.1 Å². The molecule has 0 radical (unpaired) electrons. The molecule has 0 aromatic heterocycles. The van der Waals surface area contributed by atoms with Gasteiger partial charge in [0.2, 0.25) is 0 Å². The molecule has 1 aliphatic carbocycles. The smallest absolute Gasteiger partial charge is 0.162 e. The zero-order chi connectivity index (χ0) is 29.6. The summed E-state index contributed by atoms with van der Waals surface area (Å²) in [5.41, 5.74) is 12.5. The van der Waals surface area contributed by atoms with E-state index in [9.17, 15) is 10.1 Å². The summed E-state index contributed by atoms with van der Waals surface area (Å²) in [4.78, 5) is 15.8. The number of nitriles is 1. The zero-order valence-corrected chi connectivity index (χ0v) is 25.6. The standard InChI is InChI=1S/C33H30Cl3N3O2/c1-18-9-19(2)24(10-20(18)17-41-29-8-6-5-7-26(29)36)30-25(16-37)32(38)39(23-12-21(34)11-22(35)13-23)27-14-33(3,4)15-28(40)31(27)30/h5-13,30H,14-15,17,38H2,1-4H3. The maximum absolute atomic E-state index is 14.0. The molecular weight excluding hydrogens is 577 g/mol. The molecule has 1 heterocycles. The van der Waals surface area contributed by atoms with Crippen LogP contribution in [0.25, 0.3) is 0 Å². The van der Waals surface area contributed by atoms with Crippen molar-refractivity contribution in [2.24, 2.45) is 11.1 Å². The highest BCUT2D eigenvalue weighted by Crippen LogP contribution is 2.51. The van der Waals surface area contributed by atoms with E-state index in [1.54, 1.807) is 29.2 Å². The number of carbonyl (C=O) groups is 1. The quantitative estimate of drug-likeness (QED) is 0.314. The van der Waals surface area contributed by atoms with Crippen molar-refractivity contribution >= 4 is 46.3 Å². The van der Waals surface area contributed by atoms with Crippen LogP contribution in [-0.2, 0) is 11.4 Å². The van der Waals surface area contributed by atoms with E-state index in [2.05, 4.69) is 26.0 Å². The van der Waals surface area contributed by atoms with Gasteiger partial charge in [-0.2, -0.15) is 5.26 Å². The van der Waals surface area contributed by atoms with Gasteiger partial charge in [-0.1, -0.05) is 72.9 Å². The van der Waals surface area contributed by atoms with Gasteiger partial charge in [0.15, 0.2) is 5.78 Å². The lowest BCUT2D eigenvalue weighted by molar-refractivity contribution is -0.118. The first-order chi connectivity index (χ1) is 19.4. The van der Waals surface area contributed by atoms with Crippen molar-refractivity contribution in [1.82, 2.24) is 0 Å². The number of nitrogens with two attached hydrogens (primary N) is 1. The third-order valence-electron chi connectivity index (χ3n) is 7.74. The number of carbonyl (C=O) groups excluding carboxylic acids is 1. The largest absolute Gasteiger partial charge is 0.487 e. The highest BCUT2D eigenvalue weighted by molar-refractivity contribution is 6.35. The summed E-state index contributed by atoms with van der Waals surface area (Å²) in [6.45, 7) is 8.41. The van der Waals surface area contributed by atoms with Crippen molar-refractivity contribution in [3.8, 4) is 11.8 Å². The number of hydrogen-bond donors (Lipinski definition) is 1. The monoisotopic (exact) mass is 605 g/mol. The molecule has 5 rings (SSSR count). The number of benzene rings is 3. The lowest BCUT2D eigenvalue weighted by atomic mass is 9.68. The molecule has 5 nitrogen and oxygen atoms in total. The predicted molar refractivity (Wildman–Crippen MR) is 165 cm³/mol. The topological polar surface area (TPSA) is 79.4 Å². The van der Waals surface area contributed by atoms with Gasteiger partial charge in [-0.15, -0.1) is 0 Å². The normalized spacial score (nSPS) is 18.3. The molecule has 1 atom stereocenters. The van der Waals surface area contributed by atoms with Crippen molar-refractivity contribution in [3.63, 3.8) is 0 Å². The molecule has 3 aromatic rings. The molecule has 2 aliphatic rings. The van der Waals surface area contributed by atoms with Crippen LogP contribution in [0.15, 0.2) is 77.3 Å². The first kappa shape index (κ1) is 29.1. The van der Waals surface area contributed by atoms with E-state index in [4.69, 9.17) is 45.3 Å². The molecule has 2 N–H and O–H groups in total. The minimum atomic E-state index is -0.621. The van der Waals surface area contributed by atoms with Crippen molar-refractivity contribution in [3.05, 3.63) is 115 Å². The molecule has 210 valence electrons. The number of para-hydroxylation sites is 1. The maximum atomic E-state index is 14.0. The first-order valence-electron chi connectivity index (χ1n) is 13.3. The second-order valence-electron chi connectivity index (χ2n) is 11.5. The number of halogens is 3. The summed E-state index contributed by atoms with van der Waals surface area (Å²) in [6, 6.07) is 18.9. The van der Waals surface area contributed by atoms with Crippen molar-refractivity contribution in [1.29, 1.82) is 5.26 Å². The average molecular weight is 607 g/mol. The number of ketones is 1. The maximum Gasteiger partial charge on any atom is 0.162 e. The summed E-state index contributed by atoms with van der Waals surface area (Å²) in [5, 5.41) is 11.9. The second kappa shape index (κ2) is 11.1. The predicted octanol–water partition coefficient (Wildman–Crippen LogP) is 8.78. The molecule has 0 amide bonds. The summed E-state index contributed by atoms with van der Waals surface area (Å²) in [7, 11) is 0. The Kier molecular flexibility index (Phi) is 7.87. The Bertz CT molecular complexity index is 1660. The van der Waals surface area contributed by atoms with E-state index in [1.807, 2.05) is 38.1 Å². The van der Waals surface area contributed by atoms with Crippen LogP contribution in [0.3, 0.4) is 0 Å². The minimum Gasteiger partial charge on any atom is -0.487 e. The molecule has 0 fully saturated rings. The van der Waals surface area contributed by atoms with Gasteiger partial charge >= 0.3 is 0 Å². The number of Topliss-reactive ketones (excluding diaryl/α,β-unsaturated/α-hetero) is 1. The Morgan fingerprint density at radius 2 is 1.71 bits per heavy atom. The Balaban J connectivity index is 1.68. The number of allylic oxidation sites excluding steroid dienone is 3. The summed E-state index contributed by atoms with van der Waals surface area (Å²) < 4.78 is 6.07. The van der Waals surface area contributed by atoms with E-state index in [-0.39, 0.29) is 23.6 Å². The summed E-state index contributed by atoms with van der Waals surface area (Å²) >= 11 is 19.1. The van der Waals surface area contributed by atoms with E-state index in [0.29, 0.717) is 50.5 Å². The van der Waals surface area contributed by atoms with Crippen LogP contribution in [0.2, 0.25) is 15.1 Å². The number of rotatable bonds is 5.